The normalized spacial score (nSPS) is 32.8. The van der Waals surface area contributed by atoms with Gasteiger partial charge in [0.1, 0.15) is 0 Å². The fraction of sp³-hybridized carbons (Fsp3) is 0.333. The monoisotopic (exact) mass is 287 g/mol. The summed E-state index contributed by atoms with van der Waals surface area (Å²) in [5.41, 5.74) is 7.66. The van der Waals surface area contributed by atoms with Crippen molar-refractivity contribution in [1.82, 2.24) is 0 Å². The first-order chi connectivity index (χ1) is 10.7. The summed E-state index contributed by atoms with van der Waals surface area (Å²) in [6.45, 7) is 4.78. The molecular weight excluding hydrogens is 266 g/mol. The third-order valence-corrected chi connectivity index (χ3v) is 5.97. The number of allylic oxidation sites excluding steroid dienone is 6. The van der Waals surface area contributed by atoms with Crippen molar-refractivity contribution in [3.8, 4) is 0 Å². The van der Waals surface area contributed by atoms with Crippen LogP contribution in [0.5, 0.6) is 0 Å². The maximum atomic E-state index is 3.71. The topological polar surface area (TPSA) is 12.0 Å². The second kappa shape index (κ2) is 4.04. The summed E-state index contributed by atoms with van der Waals surface area (Å²) in [5, 5.41) is 3.71. The van der Waals surface area contributed by atoms with E-state index in [1.165, 1.54) is 11.3 Å². The van der Waals surface area contributed by atoms with Gasteiger partial charge in [0, 0.05) is 22.9 Å². The quantitative estimate of drug-likeness (QED) is 0.710. The first kappa shape index (κ1) is 12.5. The lowest BCUT2D eigenvalue weighted by Gasteiger charge is -2.28. The fourth-order valence-electron chi connectivity index (χ4n) is 4.88. The first-order valence-electron chi connectivity index (χ1n) is 8.33. The molecule has 1 saturated carbocycles. The van der Waals surface area contributed by atoms with Gasteiger partial charge >= 0.3 is 0 Å². The molecule has 0 amide bonds. The molecule has 1 nitrogen and oxygen atoms in total. The summed E-state index contributed by atoms with van der Waals surface area (Å²) >= 11 is 0. The van der Waals surface area contributed by atoms with Crippen molar-refractivity contribution in [3.05, 3.63) is 76.9 Å². The van der Waals surface area contributed by atoms with Crippen molar-refractivity contribution in [2.45, 2.75) is 32.2 Å². The molecule has 22 heavy (non-hydrogen) atoms. The highest BCUT2D eigenvalue weighted by Crippen LogP contribution is 2.58. The third-order valence-electron chi connectivity index (χ3n) is 5.97. The van der Waals surface area contributed by atoms with E-state index >= 15 is 0 Å². The van der Waals surface area contributed by atoms with Crippen LogP contribution in [0.3, 0.4) is 0 Å². The van der Waals surface area contributed by atoms with Crippen LogP contribution < -0.4 is 5.32 Å². The highest BCUT2D eigenvalue weighted by atomic mass is 15.0. The van der Waals surface area contributed by atoms with Gasteiger partial charge in [-0.2, -0.15) is 0 Å². The smallest absolute Gasteiger partial charge is 0.0554 e. The van der Waals surface area contributed by atoms with Crippen LogP contribution in [0.4, 0.5) is 5.69 Å². The van der Waals surface area contributed by atoms with E-state index in [4.69, 9.17) is 0 Å². The highest BCUT2D eigenvalue weighted by Gasteiger charge is 2.47. The van der Waals surface area contributed by atoms with Gasteiger partial charge in [-0.25, -0.2) is 0 Å². The van der Waals surface area contributed by atoms with Crippen LogP contribution in [0.2, 0.25) is 0 Å². The molecule has 1 heterocycles. The maximum absolute atomic E-state index is 3.71. The molecule has 3 unspecified atom stereocenters. The Morgan fingerprint density at radius 1 is 1.14 bits per heavy atom. The lowest BCUT2D eigenvalue weighted by Crippen LogP contribution is -2.23. The van der Waals surface area contributed by atoms with Gasteiger partial charge in [-0.3, -0.25) is 0 Å². The number of anilines is 1. The molecule has 1 N–H and O–H groups in total. The number of nitrogens with one attached hydrogen (secondary N) is 1. The summed E-state index contributed by atoms with van der Waals surface area (Å²) in [6.07, 6.45) is 13.1. The minimum atomic E-state index is 0.169. The van der Waals surface area contributed by atoms with E-state index in [-0.39, 0.29) is 5.41 Å². The molecule has 1 fully saturated rings. The van der Waals surface area contributed by atoms with Crippen molar-refractivity contribution in [1.29, 1.82) is 0 Å². The Kier molecular flexibility index (Phi) is 2.30. The summed E-state index contributed by atoms with van der Waals surface area (Å²) in [4.78, 5) is 0. The summed E-state index contributed by atoms with van der Waals surface area (Å²) in [7, 11) is 0. The van der Waals surface area contributed by atoms with Crippen molar-refractivity contribution in [3.63, 3.8) is 0 Å². The summed E-state index contributed by atoms with van der Waals surface area (Å²) < 4.78 is 0. The van der Waals surface area contributed by atoms with Gasteiger partial charge in [0.05, 0.1) is 6.04 Å². The van der Waals surface area contributed by atoms with Gasteiger partial charge in [-0.1, -0.05) is 68.0 Å². The zero-order chi connectivity index (χ0) is 14.9. The van der Waals surface area contributed by atoms with Crippen LogP contribution in [-0.4, -0.2) is 6.04 Å². The van der Waals surface area contributed by atoms with Crippen molar-refractivity contribution in [2.24, 2.45) is 11.3 Å². The molecule has 0 spiro atoms. The Bertz CT molecular complexity index is 788. The predicted molar refractivity (Wildman–Crippen MR) is 91.9 cm³/mol. The Labute approximate surface area is 132 Å². The van der Waals surface area contributed by atoms with E-state index in [0.29, 0.717) is 17.9 Å². The minimum Gasteiger partial charge on any atom is -0.378 e. The van der Waals surface area contributed by atoms with Crippen LogP contribution in [0.1, 0.15) is 31.7 Å². The van der Waals surface area contributed by atoms with Gasteiger partial charge in [0.25, 0.3) is 0 Å². The molecule has 110 valence electrons. The third kappa shape index (κ3) is 1.44. The van der Waals surface area contributed by atoms with Crippen LogP contribution in [0.15, 0.2) is 71.4 Å². The number of fused-ring (bicyclic) bond motifs is 6. The second-order valence-corrected chi connectivity index (χ2v) is 7.45. The van der Waals surface area contributed by atoms with Gasteiger partial charge in [-0.05, 0) is 29.2 Å². The second-order valence-electron chi connectivity index (χ2n) is 7.45. The molecule has 4 aliphatic rings. The van der Waals surface area contributed by atoms with Gasteiger partial charge < -0.3 is 5.32 Å². The number of hydrogen-bond donors (Lipinski definition) is 1. The van der Waals surface area contributed by atoms with E-state index in [9.17, 15) is 0 Å². The van der Waals surface area contributed by atoms with Gasteiger partial charge in [0.15, 0.2) is 0 Å². The Balaban J connectivity index is 1.68. The summed E-state index contributed by atoms with van der Waals surface area (Å²) in [6, 6.07) is 9.19. The maximum Gasteiger partial charge on any atom is 0.0554 e. The number of para-hydroxylation sites is 1. The molecule has 1 heteroatoms. The molecule has 3 atom stereocenters. The number of rotatable bonds is 0. The Morgan fingerprint density at radius 2 is 2.00 bits per heavy atom. The van der Waals surface area contributed by atoms with E-state index < -0.39 is 0 Å². The molecule has 1 aliphatic heterocycles. The first-order valence-corrected chi connectivity index (χ1v) is 8.33. The van der Waals surface area contributed by atoms with E-state index in [0.717, 1.165) is 6.42 Å². The molecular formula is C21H21N. The van der Waals surface area contributed by atoms with E-state index in [2.05, 4.69) is 73.8 Å². The van der Waals surface area contributed by atoms with Crippen molar-refractivity contribution in [2.75, 3.05) is 5.32 Å². The zero-order valence-electron chi connectivity index (χ0n) is 13.1. The molecule has 1 aromatic carbocycles. The lowest BCUT2D eigenvalue weighted by atomic mass is 9.77. The predicted octanol–water partition coefficient (Wildman–Crippen LogP) is 4.97. The molecule has 0 radical (unpaired) electrons. The van der Waals surface area contributed by atoms with Crippen molar-refractivity contribution < 1.29 is 0 Å². The number of hydrogen-bond acceptors (Lipinski definition) is 1. The lowest BCUT2D eigenvalue weighted by molar-refractivity contribution is 0.541. The van der Waals surface area contributed by atoms with E-state index in [1.807, 2.05) is 0 Å². The fourth-order valence-corrected chi connectivity index (χ4v) is 4.88. The highest BCUT2D eigenvalue weighted by molar-refractivity contribution is 5.68. The SMILES string of the molecule is CC1(C)C2=CC3Nc4ccccc4C3C=C2C2CC=CC=C21. The Morgan fingerprint density at radius 3 is 2.91 bits per heavy atom. The van der Waals surface area contributed by atoms with Crippen LogP contribution in [-0.2, 0) is 0 Å². The molecule has 5 rings (SSSR count). The largest absolute Gasteiger partial charge is 0.378 e. The average molecular weight is 287 g/mol. The molecule has 3 aliphatic carbocycles. The van der Waals surface area contributed by atoms with Crippen LogP contribution in [0.25, 0.3) is 0 Å². The zero-order valence-corrected chi connectivity index (χ0v) is 13.1. The molecule has 0 saturated heterocycles. The average Bonchev–Trinajstić information content (AvgIpc) is 3.00. The molecule has 0 aromatic heterocycles. The number of benzene rings is 1. The Hall–Kier alpha value is -2.02. The standard InChI is InChI=1S/C21H21N/c1-21(2)17-9-5-3-7-13(17)15-11-16-14-8-4-6-10-19(14)22-20(16)12-18(15)21/h3-6,8-13,16,20,22H,7H2,1-2H3. The van der Waals surface area contributed by atoms with E-state index in [1.54, 1.807) is 16.7 Å². The van der Waals surface area contributed by atoms with Gasteiger partial charge in [-0.15, -0.1) is 0 Å². The van der Waals surface area contributed by atoms with Gasteiger partial charge in [0.2, 0.25) is 0 Å². The van der Waals surface area contributed by atoms with Crippen LogP contribution >= 0.6 is 0 Å². The molecule has 0 bridgehead atoms. The minimum absolute atomic E-state index is 0.169. The summed E-state index contributed by atoms with van der Waals surface area (Å²) in [5.74, 6) is 1.09. The van der Waals surface area contributed by atoms with Crippen molar-refractivity contribution >= 4 is 5.69 Å². The molecule has 1 aromatic rings. The van der Waals surface area contributed by atoms with Crippen LogP contribution in [0, 0.1) is 11.3 Å².